The van der Waals surface area contributed by atoms with Gasteiger partial charge in [-0.2, -0.15) is 0 Å². The quantitative estimate of drug-likeness (QED) is 0.725. The molecule has 0 atom stereocenters. The van der Waals surface area contributed by atoms with Crippen LogP contribution in [0.15, 0.2) is 24.4 Å². The monoisotopic (exact) mass is 235 g/mol. The fourth-order valence-electron chi connectivity index (χ4n) is 2.23. The Morgan fingerprint density at radius 2 is 2.18 bits per heavy atom. The van der Waals surface area contributed by atoms with Crippen molar-refractivity contribution in [1.82, 2.24) is 4.57 Å². The van der Waals surface area contributed by atoms with Crippen LogP contribution in [0.1, 0.15) is 18.9 Å². The standard InChI is InChI=1S/C14H18FNO/c1-3-11-10-16(8-5-9-17-2)14-12(11)6-4-7-13(14)15/h4,6-7,10H,3,5,8-9H2,1-2H3. The van der Waals surface area contributed by atoms with E-state index in [1.165, 1.54) is 11.6 Å². The van der Waals surface area contributed by atoms with E-state index in [0.717, 1.165) is 30.3 Å². The van der Waals surface area contributed by atoms with Gasteiger partial charge in [-0.3, -0.25) is 0 Å². The lowest BCUT2D eigenvalue weighted by molar-refractivity contribution is 0.190. The number of aromatic nitrogens is 1. The van der Waals surface area contributed by atoms with Crippen molar-refractivity contribution in [3.63, 3.8) is 0 Å². The molecule has 0 aliphatic carbocycles. The highest BCUT2D eigenvalue weighted by atomic mass is 19.1. The average Bonchev–Trinajstić information content (AvgIpc) is 2.69. The van der Waals surface area contributed by atoms with Crippen molar-refractivity contribution in [3.05, 3.63) is 35.8 Å². The molecule has 0 bridgehead atoms. The van der Waals surface area contributed by atoms with E-state index in [4.69, 9.17) is 4.74 Å². The van der Waals surface area contributed by atoms with Crippen molar-refractivity contribution in [2.45, 2.75) is 26.3 Å². The van der Waals surface area contributed by atoms with Crippen LogP contribution in [0.25, 0.3) is 10.9 Å². The predicted octanol–water partition coefficient (Wildman–Crippen LogP) is 3.38. The number of hydrogen-bond donors (Lipinski definition) is 0. The topological polar surface area (TPSA) is 14.2 Å². The highest BCUT2D eigenvalue weighted by Crippen LogP contribution is 2.24. The molecule has 0 amide bonds. The number of hydrogen-bond acceptors (Lipinski definition) is 1. The smallest absolute Gasteiger partial charge is 0.147 e. The van der Waals surface area contributed by atoms with E-state index in [0.29, 0.717) is 6.61 Å². The Labute approximate surface area is 101 Å². The first-order chi connectivity index (χ1) is 8.27. The number of fused-ring (bicyclic) bond motifs is 1. The second kappa shape index (κ2) is 5.32. The normalized spacial score (nSPS) is 11.2. The molecule has 0 spiro atoms. The summed E-state index contributed by atoms with van der Waals surface area (Å²) in [7, 11) is 1.69. The molecule has 17 heavy (non-hydrogen) atoms. The summed E-state index contributed by atoms with van der Waals surface area (Å²) in [6.45, 7) is 3.60. The van der Waals surface area contributed by atoms with Crippen LogP contribution in [0.3, 0.4) is 0 Å². The van der Waals surface area contributed by atoms with Gasteiger partial charge in [0.05, 0.1) is 5.52 Å². The second-order valence-corrected chi connectivity index (χ2v) is 4.18. The lowest BCUT2D eigenvalue weighted by Gasteiger charge is -2.05. The molecule has 92 valence electrons. The number of methoxy groups -OCH3 is 1. The van der Waals surface area contributed by atoms with Gasteiger partial charge in [0.2, 0.25) is 0 Å². The molecule has 0 fully saturated rings. The molecular weight excluding hydrogens is 217 g/mol. The molecule has 0 aliphatic heterocycles. The molecule has 2 aromatic rings. The number of halogens is 1. The maximum Gasteiger partial charge on any atom is 0.147 e. The fourth-order valence-corrected chi connectivity index (χ4v) is 2.23. The predicted molar refractivity (Wildman–Crippen MR) is 67.8 cm³/mol. The first-order valence-electron chi connectivity index (χ1n) is 6.03. The molecule has 1 heterocycles. The minimum Gasteiger partial charge on any atom is -0.385 e. The van der Waals surface area contributed by atoms with Crippen LogP contribution in [0.4, 0.5) is 4.39 Å². The van der Waals surface area contributed by atoms with Gasteiger partial charge in [0.15, 0.2) is 0 Å². The Bertz CT molecular complexity index is 504. The van der Waals surface area contributed by atoms with Crippen molar-refractivity contribution >= 4 is 10.9 Å². The molecule has 2 rings (SSSR count). The molecule has 0 unspecified atom stereocenters. The van der Waals surface area contributed by atoms with Crippen molar-refractivity contribution in [2.24, 2.45) is 0 Å². The highest BCUT2D eigenvalue weighted by Gasteiger charge is 2.10. The van der Waals surface area contributed by atoms with Crippen molar-refractivity contribution in [3.8, 4) is 0 Å². The third-order valence-electron chi connectivity index (χ3n) is 3.06. The molecule has 2 nitrogen and oxygen atoms in total. The molecule has 0 N–H and O–H groups in total. The largest absolute Gasteiger partial charge is 0.385 e. The zero-order chi connectivity index (χ0) is 12.3. The van der Waals surface area contributed by atoms with Gasteiger partial charge in [0, 0.05) is 31.8 Å². The van der Waals surface area contributed by atoms with Crippen LogP contribution in [0, 0.1) is 5.82 Å². The first-order valence-corrected chi connectivity index (χ1v) is 6.03. The number of benzene rings is 1. The summed E-state index contributed by atoms with van der Waals surface area (Å²) < 4.78 is 20.9. The molecule has 0 radical (unpaired) electrons. The van der Waals surface area contributed by atoms with E-state index in [9.17, 15) is 4.39 Å². The third-order valence-corrected chi connectivity index (χ3v) is 3.06. The fraction of sp³-hybridized carbons (Fsp3) is 0.429. The Kier molecular flexibility index (Phi) is 3.79. The lowest BCUT2D eigenvalue weighted by atomic mass is 10.1. The number of nitrogens with zero attached hydrogens (tertiary/aromatic N) is 1. The van der Waals surface area contributed by atoms with Crippen molar-refractivity contribution < 1.29 is 9.13 Å². The maximum absolute atomic E-state index is 13.9. The first kappa shape index (κ1) is 12.1. The van der Waals surface area contributed by atoms with Crippen LogP contribution in [0.2, 0.25) is 0 Å². The summed E-state index contributed by atoms with van der Waals surface area (Å²) in [4.78, 5) is 0. The molecule has 1 aromatic carbocycles. The van der Waals surface area contributed by atoms with E-state index in [-0.39, 0.29) is 5.82 Å². The molecule has 0 saturated carbocycles. The van der Waals surface area contributed by atoms with E-state index in [1.807, 2.05) is 10.6 Å². The Balaban J connectivity index is 2.40. The van der Waals surface area contributed by atoms with Gasteiger partial charge in [-0.1, -0.05) is 19.1 Å². The van der Waals surface area contributed by atoms with Gasteiger partial charge in [0.1, 0.15) is 5.82 Å². The Morgan fingerprint density at radius 3 is 2.88 bits per heavy atom. The molecule has 0 saturated heterocycles. The third kappa shape index (κ3) is 2.34. The van der Waals surface area contributed by atoms with E-state index in [2.05, 4.69) is 13.1 Å². The number of ether oxygens (including phenoxy) is 1. The van der Waals surface area contributed by atoms with Crippen LogP contribution in [-0.4, -0.2) is 18.3 Å². The number of para-hydroxylation sites is 1. The van der Waals surface area contributed by atoms with Crippen molar-refractivity contribution in [2.75, 3.05) is 13.7 Å². The van der Waals surface area contributed by atoms with Crippen LogP contribution < -0.4 is 0 Å². The summed E-state index contributed by atoms with van der Waals surface area (Å²) in [5.41, 5.74) is 1.93. The molecule has 1 aromatic heterocycles. The van der Waals surface area contributed by atoms with E-state index < -0.39 is 0 Å². The van der Waals surface area contributed by atoms with Gasteiger partial charge >= 0.3 is 0 Å². The highest BCUT2D eigenvalue weighted by molar-refractivity contribution is 5.84. The van der Waals surface area contributed by atoms with Gasteiger partial charge in [-0.05, 0) is 24.5 Å². The van der Waals surface area contributed by atoms with E-state index in [1.54, 1.807) is 13.2 Å². The van der Waals surface area contributed by atoms with Crippen LogP contribution >= 0.6 is 0 Å². The molecular formula is C14H18FNO. The van der Waals surface area contributed by atoms with Gasteiger partial charge in [-0.15, -0.1) is 0 Å². The van der Waals surface area contributed by atoms with E-state index >= 15 is 0 Å². The molecule has 0 aliphatic rings. The Morgan fingerprint density at radius 1 is 1.35 bits per heavy atom. The van der Waals surface area contributed by atoms with Gasteiger partial charge < -0.3 is 9.30 Å². The second-order valence-electron chi connectivity index (χ2n) is 4.18. The summed E-state index contributed by atoms with van der Waals surface area (Å²) in [6, 6.07) is 5.29. The number of rotatable bonds is 5. The summed E-state index contributed by atoms with van der Waals surface area (Å²) in [5.74, 6) is -0.139. The van der Waals surface area contributed by atoms with Crippen LogP contribution in [0.5, 0.6) is 0 Å². The van der Waals surface area contributed by atoms with Crippen LogP contribution in [-0.2, 0) is 17.7 Å². The summed E-state index contributed by atoms with van der Waals surface area (Å²) in [5, 5.41) is 1.03. The summed E-state index contributed by atoms with van der Waals surface area (Å²) >= 11 is 0. The van der Waals surface area contributed by atoms with Gasteiger partial charge in [-0.25, -0.2) is 4.39 Å². The lowest BCUT2D eigenvalue weighted by Crippen LogP contribution is -2.01. The number of aryl methyl sites for hydroxylation is 2. The SMILES string of the molecule is CCc1cn(CCCOC)c2c(F)cccc12. The Hall–Kier alpha value is -1.35. The zero-order valence-corrected chi connectivity index (χ0v) is 10.4. The average molecular weight is 235 g/mol. The minimum atomic E-state index is -0.139. The maximum atomic E-state index is 13.9. The molecule has 3 heteroatoms. The minimum absolute atomic E-state index is 0.139. The van der Waals surface area contributed by atoms with Gasteiger partial charge in [0.25, 0.3) is 0 Å². The van der Waals surface area contributed by atoms with Crippen molar-refractivity contribution in [1.29, 1.82) is 0 Å². The summed E-state index contributed by atoms with van der Waals surface area (Å²) in [6.07, 6.45) is 3.89. The zero-order valence-electron chi connectivity index (χ0n) is 10.4.